The van der Waals surface area contributed by atoms with Gasteiger partial charge in [-0.05, 0) is 79.3 Å². The second-order valence-electron chi connectivity index (χ2n) is 17.5. The van der Waals surface area contributed by atoms with Gasteiger partial charge in [0.25, 0.3) is 0 Å². The van der Waals surface area contributed by atoms with Crippen LogP contribution in [0.4, 0.5) is 0 Å². The molecule has 0 fully saturated rings. The summed E-state index contributed by atoms with van der Waals surface area (Å²) in [4.78, 5) is 15.9. The lowest BCUT2D eigenvalue weighted by Crippen LogP contribution is -2.06. The number of fused-ring (bicyclic) bond motifs is 13. The van der Waals surface area contributed by atoms with Crippen LogP contribution in [0.15, 0.2) is 237 Å². The Bertz CT molecular complexity index is 4270. The van der Waals surface area contributed by atoms with E-state index in [2.05, 4.69) is 221 Å². The Kier molecular flexibility index (Phi) is 8.52. The van der Waals surface area contributed by atoms with Gasteiger partial charge in [0.1, 0.15) is 0 Å². The van der Waals surface area contributed by atoms with E-state index >= 15 is 0 Å². The van der Waals surface area contributed by atoms with Gasteiger partial charge in [0.2, 0.25) is 5.95 Å². The van der Waals surface area contributed by atoms with Crippen molar-refractivity contribution in [1.82, 2.24) is 24.1 Å². The molecule has 3 aromatic heterocycles. The van der Waals surface area contributed by atoms with Crippen molar-refractivity contribution in [1.29, 1.82) is 0 Å². The molecule has 0 spiro atoms. The van der Waals surface area contributed by atoms with Gasteiger partial charge in [0.05, 0.1) is 27.8 Å². The van der Waals surface area contributed by atoms with Crippen LogP contribution in [-0.2, 0) is 0 Å². The van der Waals surface area contributed by atoms with Crippen LogP contribution < -0.4 is 0 Å². The Morgan fingerprint density at radius 1 is 0.265 bits per heavy atom. The molecule has 0 aliphatic rings. The molecule has 0 bridgehead atoms. The molecule has 0 aliphatic carbocycles. The van der Waals surface area contributed by atoms with Crippen LogP contribution >= 0.6 is 0 Å². The number of nitrogens with zero attached hydrogens (tertiary/aromatic N) is 5. The third kappa shape index (κ3) is 5.86. The molecule has 14 rings (SSSR count). The average Bonchev–Trinajstić information content (AvgIpc) is 3.94. The predicted molar refractivity (Wildman–Crippen MR) is 283 cm³/mol. The van der Waals surface area contributed by atoms with Crippen LogP contribution in [0.1, 0.15) is 0 Å². The van der Waals surface area contributed by atoms with Crippen molar-refractivity contribution >= 4 is 75.9 Å². The molecule has 0 N–H and O–H groups in total. The summed E-state index contributed by atoms with van der Waals surface area (Å²) in [6, 6.07) is 84.6. The van der Waals surface area contributed by atoms with Crippen molar-refractivity contribution in [2.75, 3.05) is 0 Å². The van der Waals surface area contributed by atoms with Gasteiger partial charge in [0.15, 0.2) is 11.6 Å². The third-order valence-corrected chi connectivity index (χ3v) is 13.8. The van der Waals surface area contributed by atoms with E-state index in [0.717, 1.165) is 82.7 Å². The minimum Gasteiger partial charge on any atom is -0.309 e. The minimum atomic E-state index is 0.563. The average molecular weight is 866 g/mol. The van der Waals surface area contributed by atoms with Crippen molar-refractivity contribution in [3.05, 3.63) is 237 Å². The second-order valence-corrected chi connectivity index (χ2v) is 17.5. The minimum absolute atomic E-state index is 0.563. The number of rotatable bonds is 6. The molecular weight excluding hydrogens is 827 g/mol. The fourth-order valence-electron chi connectivity index (χ4n) is 10.7. The normalized spacial score (nSPS) is 11.8. The van der Waals surface area contributed by atoms with Crippen molar-refractivity contribution in [3.8, 4) is 56.7 Å². The maximum atomic E-state index is 5.38. The first-order valence-electron chi connectivity index (χ1n) is 23.1. The first kappa shape index (κ1) is 38.1. The monoisotopic (exact) mass is 865 g/mol. The highest BCUT2D eigenvalue weighted by molar-refractivity contribution is 6.27. The molecule has 0 radical (unpaired) electrons. The van der Waals surface area contributed by atoms with Crippen molar-refractivity contribution < 1.29 is 0 Å². The van der Waals surface area contributed by atoms with Gasteiger partial charge in [-0.15, -0.1) is 0 Å². The smallest absolute Gasteiger partial charge is 0.238 e. The lowest BCUT2D eigenvalue weighted by molar-refractivity contribution is 0.955. The summed E-state index contributed by atoms with van der Waals surface area (Å²) in [5.41, 5.74) is 11.9. The maximum Gasteiger partial charge on any atom is 0.238 e. The van der Waals surface area contributed by atoms with Crippen LogP contribution in [0.3, 0.4) is 0 Å². The number of para-hydroxylation sites is 3. The first-order valence-corrected chi connectivity index (χ1v) is 23.1. The van der Waals surface area contributed by atoms with Gasteiger partial charge >= 0.3 is 0 Å². The van der Waals surface area contributed by atoms with Crippen LogP contribution in [0, 0.1) is 0 Å². The summed E-state index contributed by atoms with van der Waals surface area (Å²) in [6.07, 6.45) is 0. The lowest BCUT2D eigenvalue weighted by Gasteiger charge is -2.16. The molecule has 0 saturated heterocycles. The topological polar surface area (TPSA) is 48.5 Å². The van der Waals surface area contributed by atoms with E-state index in [1.165, 1.54) is 32.3 Å². The molecule has 14 aromatic rings. The van der Waals surface area contributed by atoms with Crippen LogP contribution in [0.5, 0.6) is 0 Å². The largest absolute Gasteiger partial charge is 0.309 e. The van der Waals surface area contributed by atoms with E-state index in [1.54, 1.807) is 0 Å². The van der Waals surface area contributed by atoms with Gasteiger partial charge in [-0.1, -0.05) is 206 Å². The first-order chi connectivity index (χ1) is 33.7. The molecule has 11 aromatic carbocycles. The van der Waals surface area contributed by atoms with Gasteiger partial charge in [-0.3, -0.25) is 4.57 Å². The second kappa shape index (κ2) is 15.2. The molecule has 0 atom stereocenters. The van der Waals surface area contributed by atoms with Crippen LogP contribution in [0.2, 0.25) is 0 Å². The molecule has 3 heterocycles. The molecule has 0 unspecified atom stereocenters. The Labute approximate surface area is 391 Å². The zero-order valence-electron chi connectivity index (χ0n) is 36.8. The highest BCUT2D eigenvalue weighted by Crippen LogP contribution is 2.44. The Morgan fingerprint density at radius 2 is 0.721 bits per heavy atom. The number of hydrogen-bond donors (Lipinski definition) is 0. The third-order valence-electron chi connectivity index (χ3n) is 13.8. The van der Waals surface area contributed by atoms with E-state index < -0.39 is 0 Å². The molecule has 316 valence electrons. The quantitative estimate of drug-likeness (QED) is 0.156. The highest BCUT2D eigenvalue weighted by atomic mass is 15.2. The van der Waals surface area contributed by atoms with Gasteiger partial charge in [-0.25, -0.2) is 4.98 Å². The summed E-state index contributed by atoms with van der Waals surface area (Å²) in [7, 11) is 0. The number of hydrogen-bond acceptors (Lipinski definition) is 3. The Morgan fingerprint density at radius 3 is 1.40 bits per heavy atom. The highest BCUT2D eigenvalue weighted by Gasteiger charge is 2.24. The van der Waals surface area contributed by atoms with E-state index in [9.17, 15) is 0 Å². The van der Waals surface area contributed by atoms with Gasteiger partial charge < -0.3 is 4.57 Å². The van der Waals surface area contributed by atoms with E-state index in [4.69, 9.17) is 15.0 Å². The molecule has 5 heteroatoms. The van der Waals surface area contributed by atoms with Crippen LogP contribution in [0.25, 0.3) is 133 Å². The molecule has 5 nitrogen and oxygen atoms in total. The lowest BCUT2D eigenvalue weighted by atomic mass is 9.92. The van der Waals surface area contributed by atoms with Gasteiger partial charge in [-0.2, -0.15) is 9.97 Å². The fourth-order valence-corrected chi connectivity index (χ4v) is 10.7. The number of benzene rings is 11. The maximum absolute atomic E-state index is 5.38. The molecule has 68 heavy (non-hydrogen) atoms. The Balaban J connectivity index is 1.02. The zero-order chi connectivity index (χ0) is 44.7. The molecule has 0 aliphatic heterocycles. The summed E-state index contributed by atoms with van der Waals surface area (Å²) in [5.74, 6) is 1.79. The fraction of sp³-hybridized carbons (Fsp3) is 0. The van der Waals surface area contributed by atoms with E-state index in [0.29, 0.717) is 17.6 Å². The van der Waals surface area contributed by atoms with Gasteiger partial charge in [0, 0.05) is 38.2 Å². The van der Waals surface area contributed by atoms with Crippen LogP contribution in [-0.4, -0.2) is 24.1 Å². The van der Waals surface area contributed by atoms with Crippen molar-refractivity contribution in [2.24, 2.45) is 0 Å². The number of aromatic nitrogens is 5. The summed E-state index contributed by atoms with van der Waals surface area (Å²) >= 11 is 0. The standard InChI is InChI=1S/C63H39N5/c1-3-17-40(18-4-1)41-31-33-43(34-32-41)62-64-61(42-19-5-2-6-20-42)65-63(66-62)68-56-29-15-12-26-51(56)52-37-38-58-59(60(52)68)53-27-13-16-30-57(53)67(58)55-28-14-11-21-45(55)44-35-36-50-48-24-8-7-22-46(48)47-23-9-10-25-49(47)54(50)39-44/h1-39H. The van der Waals surface area contributed by atoms with Crippen molar-refractivity contribution in [3.63, 3.8) is 0 Å². The zero-order valence-corrected chi connectivity index (χ0v) is 36.8. The van der Waals surface area contributed by atoms with E-state index in [-0.39, 0.29) is 0 Å². The predicted octanol–water partition coefficient (Wildman–Crippen LogP) is 16.2. The van der Waals surface area contributed by atoms with E-state index in [1.807, 2.05) is 24.3 Å². The molecule has 0 saturated carbocycles. The SMILES string of the molecule is c1ccc(-c2ccc(-c3nc(-c4ccccc4)nc(-n4c5ccccc5c5ccc6c(c7ccccc7n6-c6ccccc6-c6ccc7c8ccccc8c8ccccc8c7c6)c54)n3)cc2)cc1. The summed E-state index contributed by atoms with van der Waals surface area (Å²) < 4.78 is 4.72. The summed E-state index contributed by atoms with van der Waals surface area (Å²) in [5, 5.41) is 12.1. The Hall–Kier alpha value is -9.19. The van der Waals surface area contributed by atoms with Crippen molar-refractivity contribution in [2.45, 2.75) is 0 Å². The summed E-state index contributed by atoms with van der Waals surface area (Å²) in [6.45, 7) is 0. The molecular formula is C63H39N5. The molecule has 0 amide bonds.